The summed E-state index contributed by atoms with van der Waals surface area (Å²) < 4.78 is 17.1. The SMILES string of the molecule is CCOc1cc(C(=O)N(C)Cc2ccc(N3CCOCC3)cc2)cc(Br)c1OC. The average molecular weight is 463 g/mol. The van der Waals surface area contributed by atoms with Crippen molar-refractivity contribution in [2.24, 2.45) is 0 Å². The van der Waals surface area contributed by atoms with Gasteiger partial charge in [0, 0.05) is 37.9 Å². The molecule has 0 atom stereocenters. The molecule has 0 aliphatic carbocycles. The molecule has 0 aromatic heterocycles. The molecule has 0 N–H and O–H groups in total. The van der Waals surface area contributed by atoms with Gasteiger partial charge in [0.1, 0.15) is 0 Å². The van der Waals surface area contributed by atoms with E-state index in [1.165, 1.54) is 5.69 Å². The molecule has 1 heterocycles. The Kier molecular flexibility index (Phi) is 7.39. The first-order valence-corrected chi connectivity index (χ1v) is 10.5. The van der Waals surface area contributed by atoms with Crippen LogP contribution in [0.15, 0.2) is 40.9 Å². The number of nitrogens with zero attached hydrogens (tertiary/aromatic N) is 2. The third-order valence-corrected chi connectivity index (χ3v) is 5.43. The fourth-order valence-corrected chi connectivity index (χ4v) is 3.96. The molecule has 1 aliphatic rings. The molecule has 7 heteroatoms. The van der Waals surface area contributed by atoms with Gasteiger partial charge in [-0.25, -0.2) is 0 Å². The first-order valence-electron chi connectivity index (χ1n) is 9.71. The highest BCUT2D eigenvalue weighted by Crippen LogP contribution is 2.37. The van der Waals surface area contributed by atoms with Crippen molar-refractivity contribution in [3.63, 3.8) is 0 Å². The van der Waals surface area contributed by atoms with Gasteiger partial charge in [0.25, 0.3) is 5.91 Å². The lowest BCUT2D eigenvalue weighted by atomic mass is 10.1. The Morgan fingerprint density at radius 3 is 2.52 bits per heavy atom. The number of hydrogen-bond acceptors (Lipinski definition) is 5. The molecule has 29 heavy (non-hydrogen) atoms. The van der Waals surface area contributed by atoms with Gasteiger partial charge in [-0.2, -0.15) is 0 Å². The lowest BCUT2D eigenvalue weighted by Gasteiger charge is -2.29. The van der Waals surface area contributed by atoms with Crippen LogP contribution in [0.1, 0.15) is 22.8 Å². The van der Waals surface area contributed by atoms with E-state index in [2.05, 4.69) is 45.1 Å². The Morgan fingerprint density at radius 2 is 1.90 bits per heavy atom. The number of rotatable bonds is 7. The highest BCUT2D eigenvalue weighted by Gasteiger charge is 2.18. The molecule has 1 aliphatic heterocycles. The van der Waals surface area contributed by atoms with Crippen LogP contribution in [0.2, 0.25) is 0 Å². The van der Waals surface area contributed by atoms with Crippen molar-refractivity contribution in [3.8, 4) is 11.5 Å². The van der Waals surface area contributed by atoms with Gasteiger partial charge in [-0.15, -0.1) is 0 Å². The first-order chi connectivity index (χ1) is 14.0. The summed E-state index contributed by atoms with van der Waals surface area (Å²) in [7, 11) is 3.38. The zero-order valence-electron chi connectivity index (χ0n) is 17.1. The van der Waals surface area contributed by atoms with Gasteiger partial charge in [-0.3, -0.25) is 4.79 Å². The van der Waals surface area contributed by atoms with Gasteiger partial charge in [-0.1, -0.05) is 12.1 Å². The van der Waals surface area contributed by atoms with Crippen LogP contribution in [-0.2, 0) is 11.3 Å². The van der Waals surface area contributed by atoms with Crippen molar-refractivity contribution in [1.82, 2.24) is 4.90 Å². The maximum Gasteiger partial charge on any atom is 0.254 e. The first kappa shape index (κ1) is 21.5. The molecule has 3 rings (SSSR count). The summed E-state index contributed by atoms with van der Waals surface area (Å²) in [6.07, 6.45) is 0. The zero-order valence-corrected chi connectivity index (χ0v) is 18.7. The molecule has 1 saturated heterocycles. The Labute approximate surface area is 180 Å². The molecule has 0 spiro atoms. The van der Waals surface area contributed by atoms with E-state index in [1.54, 1.807) is 31.2 Å². The van der Waals surface area contributed by atoms with E-state index in [-0.39, 0.29) is 5.91 Å². The van der Waals surface area contributed by atoms with E-state index < -0.39 is 0 Å². The summed E-state index contributed by atoms with van der Waals surface area (Å²) in [6.45, 7) is 6.26. The van der Waals surface area contributed by atoms with E-state index >= 15 is 0 Å². The molecular formula is C22H27BrN2O4. The highest BCUT2D eigenvalue weighted by atomic mass is 79.9. The second-order valence-electron chi connectivity index (χ2n) is 6.85. The van der Waals surface area contributed by atoms with Crippen LogP contribution < -0.4 is 14.4 Å². The van der Waals surface area contributed by atoms with Gasteiger partial charge in [-0.05, 0) is 52.7 Å². The highest BCUT2D eigenvalue weighted by molar-refractivity contribution is 9.10. The smallest absolute Gasteiger partial charge is 0.254 e. The number of hydrogen-bond donors (Lipinski definition) is 0. The fourth-order valence-electron chi connectivity index (χ4n) is 3.35. The van der Waals surface area contributed by atoms with Crippen molar-refractivity contribution in [1.29, 1.82) is 0 Å². The molecule has 1 fully saturated rings. The van der Waals surface area contributed by atoms with Crippen LogP contribution >= 0.6 is 15.9 Å². The standard InChI is InChI=1S/C22H27BrN2O4/c1-4-29-20-14-17(13-19(23)21(20)27-3)22(26)24(2)15-16-5-7-18(8-6-16)25-9-11-28-12-10-25/h5-8,13-14H,4,9-12,15H2,1-3H3. The normalized spacial score (nSPS) is 13.9. The van der Waals surface area contributed by atoms with Crippen molar-refractivity contribution in [3.05, 3.63) is 52.0 Å². The predicted molar refractivity (Wildman–Crippen MR) is 117 cm³/mol. The predicted octanol–water partition coefficient (Wildman–Crippen LogP) is 3.97. The molecule has 0 unspecified atom stereocenters. The van der Waals surface area contributed by atoms with E-state index in [1.807, 2.05) is 6.92 Å². The largest absolute Gasteiger partial charge is 0.492 e. The van der Waals surface area contributed by atoms with Crippen LogP contribution in [0, 0.1) is 0 Å². The van der Waals surface area contributed by atoms with E-state index in [0.717, 1.165) is 31.9 Å². The quantitative estimate of drug-likeness (QED) is 0.622. The molecule has 2 aromatic carbocycles. The molecule has 1 amide bonds. The number of benzene rings is 2. The lowest BCUT2D eigenvalue weighted by Crippen LogP contribution is -2.36. The number of methoxy groups -OCH3 is 1. The number of morpholine rings is 1. The van der Waals surface area contributed by atoms with E-state index in [0.29, 0.717) is 34.7 Å². The third kappa shape index (κ3) is 5.22. The monoisotopic (exact) mass is 462 g/mol. The van der Waals surface area contributed by atoms with Crippen molar-refractivity contribution < 1.29 is 19.0 Å². The number of carbonyl (C=O) groups is 1. The second-order valence-corrected chi connectivity index (χ2v) is 7.70. The van der Waals surface area contributed by atoms with Crippen LogP contribution in [0.5, 0.6) is 11.5 Å². The average Bonchev–Trinajstić information content (AvgIpc) is 2.74. The topological polar surface area (TPSA) is 51.2 Å². The second kappa shape index (κ2) is 9.98. The molecular weight excluding hydrogens is 436 g/mol. The fraction of sp³-hybridized carbons (Fsp3) is 0.409. The van der Waals surface area contributed by atoms with E-state index in [9.17, 15) is 4.79 Å². The summed E-state index contributed by atoms with van der Waals surface area (Å²) >= 11 is 3.47. The van der Waals surface area contributed by atoms with Gasteiger partial charge < -0.3 is 24.0 Å². The van der Waals surface area contributed by atoms with Crippen LogP contribution in [-0.4, -0.2) is 57.9 Å². The van der Waals surface area contributed by atoms with E-state index in [4.69, 9.17) is 14.2 Å². The number of anilines is 1. The van der Waals surface area contributed by atoms with Crippen LogP contribution in [0.25, 0.3) is 0 Å². The molecule has 0 saturated carbocycles. The van der Waals surface area contributed by atoms with Crippen LogP contribution in [0.3, 0.4) is 0 Å². The summed E-state index contributed by atoms with van der Waals surface area (Å²) in [5.74, 6) is 1.06. The molecule has 0 radical (unpaired) electrons. The Morgan fingerprint density at radius 1 is 1.21 bits per heavy atom. The molecule has 0 bridgehead atoms. The van der Waals surface area contributed by atoms with Gasteiger partial charge in [0.05, 0.1) is 31.4 Å². The number of halogens is 1. The number of ether oxygens (including phenoxy) is 3. The molecule has 2 aromatic rings. The Hall–Kier alpha value is -2.25. The summed E-state index contributed by atoms with van der Waals surface area (Å²) in [5, 5.41) is 0. The summed E-state index contributed by atoms with van der Waals surface area (Å²) in [4.78, 5) is 17.0. The Balaban J connectivity index is 1.70. The molecule has 6 nitrogen and oxygen atoms in total. The van der Waals surface area contributed by atoms with Gasteiger partial charge in [0.2, 0.25) is 0 Å². The summed E-state index contributed by atoms with van der Waals surface area (Å²) in [5.41, 5.74) is 2.82. The minimum Gasteiger partial charge on any atom is -0.492 e. The van der Waals surface area contributed by atoms with Crippen LogP contribution in [0.4, 0.5) is 5.69 Å². The number of amides is 1. The number of carbonyl (C=O) groups excluding carboxylic acids is 1. The molecule has 156 valence electrons. The maximum absolute atomic E-state index is 13.0. The zero-order chi connectivity index (χ0) is 20.8. The third-order valence-electron chi connectivity index (χ3n) is 4.84. The van der Waals surface area contributed by atoms with Crippen molar-refractivity contribution in [2.75, 3.05) is 52.0 Å². The minimum absolute atomic E-state index is 0.0773. The summed E-state index contributed by atoms with van der Waals surface area (Å²) in [6, 6.07) is 11.9. The Bertz CT molecular complexity index is 835. The van der Waals surface area contributed by atoms with Crippen molar-refractivity contribution in [2.45, 2.75) is 13.5 Å². The van der Waals surface area contributed by atoms with Crippen molar-refractivity contribution >= 4 is 27.5 Å². The van der Waals surface area contributed by atoms with Gasteiger partial charge >= 0.3 is 0 Å². The minimum atomic E-state index is -0.0773. The maximum atomic E-state index is 13.0. The lowest BCUT2D eigenvalue weighted by molar-refractivity contribution is 0.0784. The van der Waals surface area contributed by atoms with Gasteiger partial charge in [0.15, 0.2) is 11.5 Å².